The summed E-state index contributed by atoms with van der Waals surface area (Å²) in [5, 5.41) is 23.5. The number of aliphatic hydroxyl groups excluding tert-OH is 2. The zero-order valence-electron chi connectivity index (χ0n) is 20.2. The first-order valence-corrected chi connectivity index (χ1v) is 12.5. The van der Waals surface area contributed by atoms with E-state index in [0.29, 0.717) is 47.6 Å². The van der Waals surface area contributed by atoms with Crippen LogP contribution in [0.5, 0.6) is 11.5 Å². The van der Waals surface area contributed by atoms with Gasteiger partial charge in [0.1, 0.15) is 18.5 Å². The van der Waals surface area contributed by atoms with Gasteiger partial charge in [-0.05, 0) is 43.9 Å². The number of aldehydes is 1. The number of nitrogens with one attached hydrogen (secondary N) is 1. The molecule has 5 rings (SSSR count). The van der Waals surface area contributed by atoms with Crippen molar-refractivity contribution < 1.29 is 38.8 Å². The Morgan fingerprint density at radius 2 is 2.08 bits per heavy atom. The number of carbonyl (C=O) groups is 3. The van der Waals surface area contributed by atoms with E-state index in [1.165, 1.54) is 7.11 Å². The quantitative estimate of drug-likeness (QED) is 0.419. The first kappa shape index (κ1) is 24.7. The lowest BCUT2D eigenvalue weighted by Gasteiger charge is -2.41. The molecular weight excluding hydrogens is 468 g/mol. The monoisotopic (exact) mass is 500 g/mol. The number of nitrogens with zero attached hydrogens (tertiary/aromatic N) is 1. The van der Waals surface area contributed by atoms with Crippen molar-refractivity contribution in [2.75, 3.05) is 33.4 Å². The average molecular weight is 501 g/mol. The van der Waals surface area contributed by atoms with Crippen molar-refractivity contribution in [1.29, 1.82) is 0 Å². The van der Waals surface area contributed by atoms with E-state index < -0.39 is 30.1 Å². The second-order valence-electron chi connectivity index (χ2n) is 9.80. The Morgan fingerprint density at radius 3 is 2.72 bits per heavy atom. The van der Waals surface area contributed by atoms with E-state index >= 15 is 0 Å². The smallest absolute Gasteiger partial charge is 0.247 e. The third-order valence-electron chi connectivity index (χ3n) is 7.40. The van der Waals surface area contributed by atoms with Crippen LogP contribution in [-0.4, -0.2) is 91.0 Å². The lowest BCUT2D eigenvalue weighted by Crippen LogP contribution is -2.57. The Balaban J connectivity index is 1.57. The van der Waals surface area contributed by atoms with Gasteiger partial charge in [-0.15, -0.1) is 0 Å². The number of carbonyl (C=O) groups excluding carboxylic acids is 3. The van der Waals surface area contributed by atoms with Crippen molar-refractivity contribution >= 4 is 18.1 Å². The van der Waals surface area contributed by atoms with Crippen molar-refractivity contribution in [3.05, 3.63) is 34.9 Å². The number of rotatable bonds is 9. The second kappa shape index (κ2) is 10.2. The van der Waals surface area contributed by atoms with E-state index in [1.807, 2.05) is 0 Å². The summed E-state index contributed by atoms with van der Waals surface area (Å²) in [5.41, 5.74) is 1.22. The van der Waals surface area contributed by atoms with Crippen LogP contribution in [0.4, 0.5) is 0 Å². The molecule has 0 unspecified atom stereocenters. The summed E-state index contributed by atoms with van der Waals surface area (Å²) in [6.07, 6.45) is 3.53. The topological polar surface area (TPSA) is 135 Å². The van der Waals surface area contributed by atoms with Crippen LogP contribution in [0.2, 0.25) is 0 Å². The van der Waals surface area contributed by atoms with Gasteiger partial charge < -0.3 is 34.6 Å². The predicted molar refractivity (Wildman–Crippen MR) is 127 cm³/mol. The number of methoxy groups -OCH3 is 1. The molecule has 0 bridgehead atoms. The molecule has 4 aliphatic rings. The van der Waals surface area contributed by atoms with Crippen molar-refractivity contribution in [2.45, 2.75) is 56.0 Å². The number of fused-ring (bicyclic) bond motifs is 3. The van der Waals surface area contributed by atoms with E-state index in [4.69, 9.17) is 14.2 Å². The fourth-order valence-corrected chi connectivity index (χ4v) is 5.49. The molecule has 1 saturated heterocycles. The zero-order chi connectivity index (χ0) is 25.4. The molecule has 0 radical (unpaired) electrons. The van der Waals surface area contributed by atoms with Crippen molar-refractivity contribution in [3.8, 4) is 11.5 Å². The van der Waals surface area contributed by atoms with Gasteiger partial charge in [0.25, 0.3) is 0 Å². The zero-order valence-corrected chi connectivity index (χ0v) is 20.2. The SMILES string of the molecule is COc1cc(C=O)cc2c1O[C@@H]1[C@@H](O)[C@H](N(C[C@@H]3CCCO3)C(=O)C3CC3)C=C(C(=O)NCCO)[C@H]21. The molecule has 194 valence electrons. The molecule has 36 heavy (non-hydrogen) atoms. The maximum absolute atomic E-state index is 13.4. The molecule has 2 amide bonds. The van der Waals surface area contributed by atoms with Gasteiger partial charge in [-0.1, -0.05) is 0 Å². The summed E-state index contributed by atoms with van der Waals surface area (Å²) in [4.78, 5) is 39.9. The summed E-state index contributed by atoms with van der Waals surface area (Å²) in [6, 6.07) is 2.38. The number of benzene rings is 1. The minimum atomic E-state index is -1.13. The van der Waals surface area contributed by atoms with E-state index in [2.05, 4.69) is 5.32 Å². The van der Waals surface area contributed by atoms with Crippen LogP contribution in [0.3, 0.4) is 0 Å². The molecule has 1 aromatic carbocycles. The van der Waals surface area contributed by atoms with Gasteiger partial charge in [-0.25, -0.2) is 0 Å². The maximum Gasteiger partial charge on any atom is 0.247 e. The highest BCUT2D eigenvalue weighted by atomic mass is 16.5. The molecule has 2 fully saturated rings. The summed E-state index contributed by atoms with van der Waals surface area (Å²) in [7, 11) is 1.46. The van der Waals surface area contributed by atoms with Gasteiger partial charge in [-0.2, -0.15) is 0 Å². The van der Waals surface area contributed by atoms with Crippen LogP contribution in [0.1, 0.15) is 47.5 Å². The Hall–Kier alpha value is -2.95. The molecule has 2 aliphatic carbocycles. The van der Waals surface area contributed by atoms with E-state index in [0.717, 1.165) is 25.7 Å². The molecule has 1 aromatic rings. The Morgan fingerprint density at radius 1 is 1.28 bits per heavy atom. The van der Waals surface area contributed by atoms with Crippen molar-refractivity contribution in [2.24, 2.45) is 5.92 Å². The van der Waals surface area contributed by atoms with Gasteiger partial charge in [0.2, 0.25) is 11.8 Å². The van der Waals surface area contributed by atoms with Crippen LogP contribution in [-0.2, 0) is 14.3 Å². The number of hydrogen-bond acceptors (Lipinski definition) is 8. The van der Waals surface area contributed by atoms with Crippen LogP contribution >= 0.6 is 0 Å². The minimum Gasteiger partial charge on any atom is -0.493 e. The number of ether oxygens (including phenoxy) is 3. The molecular formula is C26H32N2O8. The molecule has 1 saturated carbocycles. The predicted octanol–water partition coefficient (Wildman–Crippen LogP) is 0.548. The first-order valence-electron chi connectivity index (χ1n) is 12.5. The van der Waals surface area contributed by atoms with Gasteiger partial charge >= 0.3 is 0 Å². The molecule has 0 aromatic heterocycles. The highest BCUT2D eigenvalue weighted by Gasteiger charge is 2.52. The highest BCUT2D eigenvalue weighted by Crippen LogP contribution is 2.51. The summed E-state index contributed by atoms with van der Waals surface area (Å²) in [6.45, 7) is 0.769. The van der Waals surface area contributed by atoms with Crippen LogP contribution in [0, 0.1) is 5.92 Å². The largest absolute Gasteiger partial charge is 0.493 e. The maximum atomic E-state index is 13.4. The number of amides is 2. The van der Waals surface area contributed by atoms with Crippen LogP contribution in [0.25, 0.3) is 0 Å². The molecule has 0 spiro atoms. The molecule has 10 nitrogen and oxygen atoms in total. The standard InChI is InChI=1S/C26H32N2O8/c1-34-20-10-14(13-30)9-17-21-18(25(32)27-6-7-29)11-19(22(31)24(21)36-23(17)20)28(26(33)15-4-5-15)12-16-3-2-8-35-16/h9-11,13,15-16,19,21-22,24,29,31H,2-8,12H2,1H3,(H,27,32)/t16-,19+,21-,22-,24-/m0/s1. The van der Waals surface area contributed by atoms with Crippen molar-refractivity contribution in [1.82, 2.24) is 10.2 Å². The number of aliphatic hydroxyl groups is 2. The third kappa shape index (κ3) is 4.49. The average Bonchev–Trinajstić information content (AvgIpc) is 3.48. The van der Waals surface area contributed by atoms with E-state index in [1.54, 1.807) is 23.1 Å². The summed E-state index contributed by atoms with van der Waals surface area (Å²) >= 11 is 0. The normalized spacial score (nSPS) is 28.4. The van der Waals surface area contributed by atoms with E-state index in [9.17, 15) is 24.6 Å². The fraction of sp³-hybridized carbons (Fsp3) is 0.577. The molecule has 2 aliphatic heterocycles. The van der Waals surface area contributed by atoms with Crippen molar-refractivity contribution in [3.63, 3.8) is 0 Å². The summed E-state index contributed by atoms with van der Waals surface area (Å²) in [5.74, 6) is -0.576. The minimum absolute atomic E-state index is 0.0484. The first-order chi connectivity index (χ1) is 17.5. The molecule has 10 heteroatoms. The fourth-order valence-electron chi connectivity index (χ4n) is 5.49. The molecule has 2 heterocycles. The van der Waals surface area contributed by atoms with E-state index in [-0.39, 0.29) is 31.1 Å². The van der Waals surface area contributed by atoms with Crippen LogP contribution < -0.4 is 14.8 Å². The Labute approximate surface area is 209 Å². The Kier molecular flexibility index (Phi) is 7.00. The summed E-state index contributed by atoms with van der Waals surface area (Å²) < 4.78 is 17.4. The second-order valence-corrected chi connectivity index (χ2v) is 9.80. The lowest BCUT2D eigenvalue weighted by molar-refractivity contribution is -0.140. The Bertz CT molecular complexity index is 1060. The third-order valence-corrected chi connectivity index (χ3v) is 7.40. The highest BCUT2D eigenvalue weighted by molar-refractivity contribution is 5.96. The molecule has 5 atom stereocenters. The van der Waals surface area contributed by atoms with Gasteiger partial charge in [-0.3, -0.25) is 14.4 Å². The lowest BCUT2D eigenvalue weighted by atomic mass is 9.77. The van der Waals surface area contributed by atoms with Crippen LogP contribution in [0.15, 0.2) is 23.8 Å². The number of hydrogen-bond donors (Lipinski definition) is 3. The molecule has 3 N–H and O–H groups in total. The van der Waals surface area contributed by atoms with Gasteiger partial charge in [0.05, 0.1) is 31.8 Å². The van der Waals surface area contributed by atoms with Gasteiger partial charge in [0.15, 0.2) is 11.5 Å². The van der Waals surface area contributed by atoms with Gasteiger partial charge in [0, 0.05) is 42.3 Å².